The van der Waals surface area contributed by atoms with Crippen LogP contribution in [-0.2, 0) is 0 Å². The van der Waals surface area contributed by atoms with E-state index in [1.54, 1.807) is 0 Å². The summed E-state index contributed by atoms with van der Waals surface area (Å²) in [5.74, 6) is -0.186. The predicted octanol–water partition coefficient (Wildman–Crippen LogP) is 0.926. The summed E-state index contributed by atoms with van der Waals surface area (Å²) in [6.45, 7) is 2.63. The molecule has 0 fully saturated rings. The molecule has 0 spiro atoms. The van der Waals surface area contributed by atoms with Gasteiger partial charge < -0.3 is 15.5 Å². The summed E-state index contributed by atoms with van der Waals surface area (Å²) in [6.07, 6.45) is 4.25. The second-order valence-electron chi connectivity index (χ2n) is 3.89. The minimum atomic E-state index is -0.318. The van der Waals surface area contributed by atoms with Crippen LogP contribution in [0.1, 0.15) is 30.1 Å². The van der Waals surface area contributed by atoms with Gasteiger partial charge in [-0.2, -0.15) is 0 Å². The largest absolute Gasteiger partial charge is 0.505 e. The van der Waals surface area contributed by atoms with Crippen molar-refractivity contribution in [3.63, 3.8) is 0 Å². The van der Waals surface area contributed by atoms with Crippen molar-refractivity contribution in [1.29, 1.82) is 0 Å². The number of hydrogen-bond acceptors (Lipinski definition) is 4. The van der Waals surface area contributed by atoms with E-state index in [1.807, 2.05) is 6.92 Å². The van der Waals surface area contributed by atoms with Crippen molar-refractivity contribution in [2.24, 2.45) is 5.92 Å². The third kappa shape index (κ3) is 4.03. The lowest BCUT2D eigenvalue weighted by Crippen LogP contribution is -2.29. The topological polar surface area (TPSA) is 82.5 Å². The maximum atomic E-state index is 11.7. The third-order valence-electron chi connectivity index (χ3n) is 2.71. The Labute approximate surface area is 101 Å². The smallest absolute Gasteiger partial charge is 0.255 e. The van der Waals surface area contributed by atoms with E-state index in [1.165, 1.54) is 18.5 Å². The van der Waals surface area contributed by atoms with Gasteiger partial charge >= 0.3 is 0 Å². The number of aromatic hydroxyl groups is 1. The lowest BCUT2D eigenvalue weighted by atomic mass is 10.0. The fourth-order valence-corrected chi connectivity index (χ4v) is 1.54. The number of aliphatic hydroxyl groups is 1. The van der Waals surface area contributed by atoms with Crippen LogP contribution in [0.15, 0.2) is 18.5 Å². The Hall–Kier alpha value is -1.62. The Morgan fingerprint density at radius 1 is 1.59 bits per heavy atom. The van der Waals surface area contributed by atoms with E-state index in [4.69, 9.17) is 5.11 Å². The molecule has 1 rings (SSSR count). The van der Waals surface area contributed by atoms with Crippen LogP contribution in [0.2, 0.25) is 0 Å². The Kier molecular flexibility index (Phi) is 5.42. The van der Waals surface area contributed by atoms with Crippen molar-refractivity contribution in [1.82, 2.24) is 10.3 Å². The minimum Gasteiger partial charge on any atom is -0.505 e. The molecule has 0 radical (unpaired) electrons. The van der Waals surface area contributed by atoms with Crippen molar-refractivity contribution >= 4 is 5.91 Å². The average Bonchev–Trinajstić information content (AvgIpc) is 2.34. The maximum Gasteiger partial charge on any atom is 0.255 e. The average molecular weight is 238 g/mol. The van der Waals surface area contributed by atoms with Crippen molar-refractivity contribution < 1.29 is 15.0 Å². The summed E-state index contributed by atoms with van der Waals surface area (Å²) in [5.41, 5.74) is 0.221. The summed E-state index contributed by atoms with van der Waals surface area (Å²) in [5, 5.41) is 21.0. The van der Waals surface area contributed by atoms with Gasteiger partial charge in [0, 0.05) is 19.3 Å². The summed E-state index contributed by atoms with van der Waals surface area (Å²) in [6, 6.07) is 1.47. The molecule has 94 valence electrons. The summed E-state index contributed by atoms with van der Waals surface area (Å²) < 4.78 is 0. The highest BCUT2D eigenvalue weighted by molar-refractivity contribution is 5.96. The van der Waals surface area contributed by atoms with E-state index >= 15 is 0 Å². The number of carbonyl (C=O) groups is 1. The van der Waals surface area contributed by atoms with E-state index in [2.05, 4.69) is 10.3 Å². The first kappa shape index (κ1) is 13.4. The minimum absolute atomic E-state index is 0.120. The van der Waals surface area contributed by atoms with E-state index in [9.17, 15) is 9.90 Å². The third-order valence-corrected chi connectivity index (χ3v) is 2.71. The number of nitrogens with zero attached hydrogens (tertiary/aromatic N) is 1. The second kappa shape index (κ2) is 6.85. The molecule has 3 N–H and O–H groups in total. The van der Waals surface area contributed by atoms with Gasteiger partial charge in [-0.3, -0.25) is 9.78 Å². The normalized spacial score (nSPS) is 12.1. The molecule has 0 aliphatic carbocycles. The number of hydrogen-bond donors (Lipinski definition) is 3. The molecule has 0 aliphatic rings. The highest BCUT2D eigenvalue weighted by Crippen LogP contribution is 2.14. The highest BCUT2D eigenvalue weighted by Gasteiger charge is 2.12. The number of amides is 1. The summed E-state index contributed by atoms with van der Waals surface area (Å²) in [7, 11) is 0. The molecule has 0 bridgehead atoms. The molecular formula is C12H18N2O3. The first-order valence-corrected chi connectivity index (χ1v) is 5.71. The zero-order valence-electron chi connectivity index (χ0n) is 9.89. The first-order chi connectivity index (χ1) is 8.19. The second-order valence-corrected chi connectivity index (χ2v) is 3.89. The number of carbonyl (C=O) groups excluding carboxylic acids is 1. The molecular weight excluding hydrogens is 220 g/mol. The SMILES string of the molecule is CCC(CCO)CNC(=O)c1ccncc1O. The predicted molar refractivity (Wildman–Crippen MR) is 63.7 cm³/mol. The van der Waals surface area contributed by atoms with Gasteiger partial charge in [-0.1, -0.05) is 13.3 Å². The van der Waals surface area contributed by atoms with E-state index in [0.29, 0.717) is 13.0 Å². The Bertz CT molecular complexity index is 369. The summed E-state index contributed by atoms with van der Waals surface area (Å²) in [4.78, 5) is 15.4. The van der Waals surface area contributed by atoms with Gasteiger partial charge in [0.1, 0.15) is 5.75 Å². The van der Waals surface area contributed by atoms with E-state index < -0.39 is 0 Å². The fourth-order valence-electron chi connectivity index (χ4n) is 1.54. The number of rotatable bonds is 6. The monoisotopic (exact) mass is 238 g/mol. The van der Waals surface area contributed by atoms with Crippen LogP contribution < -0.4 is 5.32 Å². The van der Waals surface area contributed by atoms with E-state index in [-0.39, 0.29) is 29.7 Å². The van der Waals surface area contributed by atoms with Crippen molar-refractivity contribution in [3.05, 3.63) is 24.0 Å². The molecule has 1 atom stereocenters. The molecule has 1 unspecified atom stereocenters. The molecule has 0 saturated heterocycles. The summed E-state index contributed by atoms with van der Waals surface area (Å²) >= 11 is 0. The quantitative estimate of drug-likeness (QED) is 0.688. The lowest BCUT2D eigenvalue weighted by Gasteiger charge is -2.14. The molecule has 1 aromatic heterocycles. The van der Waals surface area contributed by atoms with Crippen LogP contribution in [0.4, 0.5) is 0 Å². The van der Waals surface area contributed by atoms with Gasteiger partial charge in [-0.25, -0.2) is 0 Å². The molecule has 1 amide bonds. The number of aliphatic hydroxyl groups excluding tert-OH is 1. The van der Waals surface area contributed by atoms with Crippen molar-refractivity contribution in [3.8, 4) is 5.75 Å². The van der Waals surface area contributed by atoms with Crippen molar-refractivity contribution in [2.45, 2.75) is 19.8 Å². The molecule has 1 heterocycles. The van der Waals surface area contributed by atoms with Crippen LogP contribution in [0.25, 0.3) is 0 Å². The molecule has 5 nitrogen and oxygen atoms in total. The van der Waals surface area contributed by atoms with E-state index in [0.717, 1.165) is 6.42 Å². The van der Waals surface area contributed by atoms with Crippen LogP contribution in [-0.4, -0.2) is 34.3 Å². The number of pyridine rings is 1. The molecule has 1 aromatic rings. The van der Waals surface area contributed by atoms with Crippen LogP contribution >= 0.6 is 0 Å². The molecule has 0 aromatic carbocycles. The van der Waals surface area contributed by atoms with Gasteiger partial charge in [0.15, 0.2) is 0 Å². The van der Waals surface area contributed by atoms with Gasteiger partial charge in [-0.05, 0) is 18.4 Å². The zero-order chi connectivity index (χ0) is 12.7. The molecule has 5 heteroatoms. The Morgan fingerprint density at radius 2 is 2.35 bits per heavy atom. The van der Waals surface area contributed by atoms with Gasteiger partial charge in [0.05, 0.1) is 11.8 Å². The van der Waals surface area contributed by atoms with Gasteiger partial charge in [0.2, 0.25) is 0 Å². The standard InChI is InChI=1S/C12H18N2O3/c1-2-9(4-6-15)7-14-12(17)10-3-5-13-8-11(10)16/h3,5,8-9,15-16H,2,4,6-7H2,1H3,(H,14,17). The first-order valence-electron chi connectivity index (χ1n) is 5.71. The molecule has 0 saturated carbocycles. The fraction of sp³-hybridized carbons (Fsp3) is 0.500. The molecule has 0 aliphatic heterocycles. The van der Waals surface area contributed by atoms with Crippen molar-refractivity contribution in [2.75, 3.05) is 13.2 Å². The lowest BCUT2D eigenvalue weighted by molar-refractivity contribution is 0.0940. The maximum absolute atomic E-state index is 11.7. The zero-order valence-corrected chi connectivity index (χ0v) is 9.89. The van der Waals surface area contributed by atoms with Crippen LogP contribution in [0.3, 0.4) is 0 Å². The van der Waals surface area contributed by atoms with Gasteiger partial charge in [-0.15, -0.1) is 0 Å². The van der Waals surface area contributed by atoms with Crippen LogP contribution in [0, 0.1) is 5.92 Å². The number of aromatic nitrogens is 1. The Morgan fingerprint density at radius 3 is 2.94 bits per heavy atom. The highest BCUT2D eigenvalue weighted by atomic mass is 16.3. The molecule has 17 heavy (non-hydrogen) atoms. The Balaban J connectivity index is 2.52. The van der Waals surface area contributed by atoms with Crippen LogP contribution in [0.5, 0.6) is 5.75 Å². The van der Waals surface area contributed by atoms with Gasteiger partial charge in [0.25, 0.3) is 5.91 Å². The number of nitrogens with one attached hydrogen (secondary N) is 1.